The lowest BCUT2D eigenvalue weighted by Gasteiger charge is -2.20. The fraction of sp³-hybridized carbons (Fsp3) is 0.333. The fourth-order valence-corrected chi connectivity index (χ4v) is 4.24. The Kier molecular flexibility index (Phi) is 4.32. The van der Waals surface area contributed by atoms with Crippen LogP contribution in [0.1, 0.15) is 42.5 Å². The van der Waals surface area contributed by atoms with Gasteiger partial charge in [-0.3, -0.25) is 0 Å². The maximum atomic E-state index is 12.4. The second-order valence-electron chi connectivity index (χ2n) is 5.89. The third-order valence-corrected chi connectivity index (χ3v) is 5.81. The quantitative estimate of drug-likeness (QED) is 0.937. The summed E-state index contributed by atoms with van der Waals surface area (Å²) >= 11 is 0. The van der Waals surface area contributed by atoms with Gasteiger partial charge in [-0.25, -0.2) is 13.1 Å². The summed E-state index contributed by atoms with van der Waals surface area (Å²) in [6.45, 7) is 1.89. The first kappa shape index (κ1) is 15.3. The second kappa shape index (κ2) is 6.23. The molecular formula is C18H21NO2S. The Labute approximate surface area is 132 Å². The molecular weight excluding hydrogens is 294 g/mol. The van der Waals surface area contributed by atoms with Crippen LogP contribution in [-0.4, -0.2) is 8.42 Å². The molecule has 0 radical (unpaired) electrons. The molecule has 1 aliphatic carbocycles. The molecule has 1 atom stereocenters. The van der Waals surface area contributed by atoms with Gasteiger partial charge in [-0.1, -0.05) is 36.4 Å². The maximum Gasteiger partial charge on any atom is 0.241 e. The molecule has 0 aromatic heterocycles. The molecule has 1 aliphatic rings. The molecule has 0 fully saturated rings. The van der Waals surface area contributed by atoms with Crippen LogP contribution < -0.4 is 4.72 Å². The summed E-state index contributed by atoms with van der Waals surface area (Å²) < 4.78 is 27.6. The van der Waals surface area contributed by atoms with E-state index in [4.69, 9.17) is 0 Å². The third-order valence-electron chi connectivity index (χ3n) is 4.26. The molecule has 116 valence electrons. The molecule has 3 rings (SSSR count). The van der Waals surface area contributed by atoms with Crippen LogP contribution in [0.3, 0.4) is 0 Å². The van der Waals surface area contributed by atoms with Gasteiger partial charge in [0, 0.05) is 6.04 Å². The predicted octanol–water partition coefficient (Wildman–Crippen LogP) is 3.60. The minimum absolute atomic E-state index is 0.238. The van der Waals surface area contributed by atoms with E-state index in [-0.39, 0.29) is 6.04 Å². The van der Waals surface area contributed by atoms with Gasteiger partial charge in [-0.2, -0.15) is 0 Å². The zero-order valence-electron chi connectivity index (χ0n) is 12.7. The minimum atomic E-state index is -3.48. The molecule has 1 N–H and O–H groups in total. The molecule has 0 heterocycles. The number of sulfonamides is 1. The van der Waals surface area contributed by atoms with Crippen molar-refractivity contribution in [2.75, 3.05) is 0 Å². The van der Waals surface area contributed by atoms with Gasteiger partial charge < -0.3 is 0 Å². The van der Waals surface area contributed by atoms with E-state index in [9.17, 15) is 8.42 Å². The van der Waals surface area contributed by atoms with Crippen LogP contribution in [0.5, 0.6) is 0 Å². The van der Waals surface area contributed by atoms with Crippen molar-refractivity contribution in [1.82, 2.24) is 4.72 Å². The zero-order valence-corrected chi connectivity index (χ0v) is 13.6. The highest BCUT2D eigenvalue weighted by Crippen LogP contribution is 2.25. The Morgan fingerprint density at radius 2 is 1.64 bits per heavy atom. The van der Waals surface area contributed by atoms with E-state index in [0.717, 1.165) is 18.4 Å². The summed E-state index contributed by atoms with van der Waals surface area (Å²) in [6.07, 6.45) is 4.71. The topological polar surface area (TPSA) is 46.2 Å². The summed E-state index contributed by atoms with van der Waals surface area (Å²) in [6, 6.07) is 14.6. The minimum Gasteiger partial charge on any atom is -0.207 e. The summed E-state index contributed by atoms with van der Waals surface area (Å²) in [7, 11) is -3.48. The van der Waals surface area contributed by atoms with Crippen molar-refractivity contribution in [3.63, 3.8) is 0 Å². The molecule has 0 saturated heterocycles. The van der Waals surface area contributed by atoms with E-state index in [2.05, 4.69) is 16.9 Å². The highest BCUT2D eigenvalue weighted by molar-refractivity contribution is 7.89. The first-order valence-corrected chi connectivity index (χ1v) is 9.24. The van der Waals surface area contributed by atoms with Crippen LogP contribution in [0.15, 0.2) is 53.4 Å². The lowest BCUT2D eigenvalue weighted by molar-refractivity contribution is 0.566. The fourth-order valence-electron chi connectivity index (χ4n) is 2.99. The van der Waals surface area contributed by atoms with Crippen LogP contribution >= 0.6 is 0 Å². The number of nitrogens with one attached hydrogen (secondary N) is 1. The van der Waals surface area contributed by atoms with Crippen molar-refractivity contribution < 1.29 is 8.42 Å². The monoisotopic (exact) mass is 315 g/mol. The number of fused-ring (bicyclic) bond motifs is 1. The van der Waals surface area contributed by atoms with Crippen molar-refractivity contribution in [2.45, 2.75) is 43.5 Å². The smallest absolute Gasteiger partial charge is 0.207 e. The summed E-state index contributed by atoms with van der Waals surface area (Å²) in [5.41, 5.74) is 3.81. The molecule has 0 aliphatic heterocycles. The average molecular weight is 315 g/mol. The van der Waals surface area contributed by atoms with E-state index in [1.807, 2.05) is 19.1 Å². The van der Waals surface area contributed by atoms with Crippen molar-refractivity contribution in [3.8, 4) is 0 Å². The Balaban J connectivity index is 1.81. The summed E-state index contributed by atoms with van der Waals surface area (Å²) in [5.74, 6) is 0. The maximum absolute atomic E-state index is 12.4. The highest BCUT2D eigenvalue weighted by Gasteiger charge is 2.19. The molecule has 3 nitrogen and oxygen atoms in total. The van der Waals surface area contributed by atoms with Crippen LogP contribution in [-0.2, 0) is 22.9 Å². The number of benzene rings is 2. The molecule has 0 unspecified atom stereocenters. The number of aryl methyl sites for hydroxylation is 2. The van der Waals surface area contributed by atoms with Crippen molar-refractivity contribution in [2.24, 2.45) is 0 Å². The van der Waals surface area contributed by atoms with Gasteiger partial charge in [0.1, 0.15) is 0 Å². The first-order valence-electron chi connectivity index (χ1n) is 7.75. The largest absolute Gasteiger partial charge is 0.241 e. The van der Waals surface area contributed by atoms with Gasteiger partial charge >= 0.3 is 0 Å². The molecule has 0 saturated carbocycles. The molecule has 0 spiro atoms. The van der Waals surface area contributed by atoms with Crippen LogP contribution in [0.25, 0.3) is 0 Å². The lowest BCUT2D eigenvalue weighted by atomic mass is 9.89. The highest BCUT2D eigenvalue weighted by atomic mass is 32.2. The Morgan fingerprint density at radius 3 is 2.36 bits per heavy atom. The van der Waals surface area contributed by atoms with Gasteiger partial charge in [-0.15, -0.1) is 0 Å². The summed E-state index contributed by atoms with van der Waals surface area (Å²) in [4.78, 5) is 0.305. The van der Waals surface area contributed by atoms with Crippen molar-refractivity contribution in [1.29, 1.82) is 0 Å². The van der Waals surface area contributed by atoms with Gasteiger partial charge in [-0.05, 0) is 61.4 Å². The standard InChI is InChI=1S/C18H21NO2S/c1-14(19-22(20,21)18-9-3-2-4-10-18)16-12-11-15-7-5-6-8-17(15)13-16/h2-4,9-14,19H,5-8H2,1H3/t14-/m1/s1. The van der Waals surface area contributed by atoms with Gasteiger partial charge in [0.25, 0.3) is 0 Å². The van der Waals surface area contributed by atoms with E-state index in [0.29, 0.717) is 4.90 Å². The number of rotatable bonds is 4. The molecule has 0 bridgehead atoms. The van der Waals surface area contributed by atoms with Crippen LogP contribution in [0.2, 0.25) is 0 Å². The molecule has 4 heteroatoms. The van der Waals surface area contributed by atoms with Crippen molar-refractivity contribution >= 4 is 10.0 Å². The molecule has 0 amide bonds. The molecule has 2 aromatic rings. The lowest BCUT2D eigenvalue weighted by Crippen LogP contribution is -2.27. The molecule has 2 aromatic carbocycles. The van der Waals surface area contributed by atoms with Gasteiger partial charge in [0.05, 0.1) is 4.90 Å². The van der Waals surface area contributed by atoms with E-state index in [1.54, 1.807) is 24.3 Å². The SMILES string of the molecule is C[C@@H](NS(=O)(=O)c1ccccc1)c1ccc2c(c1)CCCC2. The summed E-state index contributed by atoms with van der Waals surface area (Å²) in [5, 5.41) is 0. The van der Waals surface area contributed by atoms with E-state index >= 15 is 0 Å². The van der Waals surface area contributed by atoms with Crippen LogP contribution in [0.4, 0.5) is 0 Å². The van der Waals surface area contributed by atoms with Gasteiger partial charge in [0.15, 0.2) is 0 Å². The number of hydrogen-bond donors (Lipinski definition) is 1. The zero-order chi connectivity index (χ0) is 15.6. The second-order valence-corrected chi connectivity index (χ2v) is 7.61. The van der Waals surface area contributed by atoms with Gasteiger partial charge in [0.2, 0.25) is 10.0 Å². The average Bonchev–Trinajstić information content (AvgIpc) is 2.55. The van der Waals surface area contributed by atoms with Crippen LogP contribution in [0, 0.1) is 0 Å². The third kappa shape index (κ3) is 3.23. The van der Waals surface area contributed by atoms with Crippen molar-refractivity contribution in [3.05, 3.63) is 65.2 Å². The molecule has 22 heavy (non-hydrogen) atoms. The number of hydrogen-bond acceptors (Lipinski definition) is 2. The Morgan fingerprint density at radius 1 is 0.955 bits per heavy atom. The Bertz CT molecular complexity index is 754. The predicted molar refractivity (Wildman–Crippen MR) is 88.3 cm³/mol. The van der Waals surface area contributed by atoms with E-state index in [1.165, 1.54) is 24.0 Å². The van der Waals surface area contributed by atoms with E-state index < -0.39 is 10.0 Å². The first-order chi connectivity index (χ1) is 10.6. The Hall–Kier alpha value is -1.65. The normalized spacial score (nSPS) is 16.0.